The highest BCUT2D eigenvalue weighted by Gasteiger charge is 2.14. The molecule has 0 aliphatic carbocycles. The van der Waals surface area contributed by atoms with E-state index in [0.29, 0.717) is 13.0 Å². The average molecular weight is 261 g/mol. The van der Waals surface area contributed by atoms with Gasteiger partial charge in [-0.05, 0) is 6.92 Å². The second-order valence-corrected chi connectivity index (χ2v) is 6.76. The van der Waals surface area contributed by atoms with Crippen LogP contribution in [0.5, 0.6) is 0 Å². The highest BCUT2D eigenvalue weighted by Crippen LogP contribution is 2.24. The SMILES string of the molecule is CCS(=O)(=O)NCCc1cn2c(n1)SCC2. The molecule has 0 saturated carbocycles. The van der Waals surface area contributed by atoms with Gasteiger partial charge in [0.15, 0.2) is 5.16 Å². The van der Waals surface area contributed by atoms with Crippen LogP contribution in [0.1, 0.15) is 12.6 Å². The molecule has 0 atom stereocenters. The van der Waals surface area contributed by atoms with E-state index in [9.17, 15) is 8.42 Å². The van der Waals surface area contributed by atoms with Crippen LogP contribution in [0.15, 0.2) is 11.4 Å². The quantitative estimate of drug-likeness (QED) is 0.837. The standard InChI is InChI=1S/C9H15N3O2S2/c1-2-16(13,14)10-4-3-8-7-12-5-6-15-9(12)11-8/h7,10H,2-6H2,1H3. The molecule has 90 valence electrons. The lowest BCUT2D eigenvalue weighted by Crippen LogP contribution is -2.27. The Balaban J connectivity index is 1.86. The first-order chi connectivity index (χ1) is 7.61. The molecular weight excluding hydrogens is 246 g/mol. The molecule has 1 aromatic heterocycles. The molecular formula is C9H15N3O2S2. The van der Waals surface area contributed by atoms with Gasteiger partial charge in [0.05, 0.1) is 11.4 Å². The summed E-state index contributed by atoms with van der Waals surface area (Å²) in [5.41, 5.74) is 0.959. The molecule has 1 N–H and O–H groups in total. The average Bonchev–Trinajstić information content (AvgIpc) is 2.77. The number of hydrogen-bond acceptors (Lipinski definition) is 4. The first kappa shape index (κ1) is 11.9. The van der Waals surface area contributed by atoms with Crippen LogP contribution in [0.2, 0.25) is 0 Å². The molecule has 0 bridgehead atoms. The van der Waals surface area contributed by atoms with Gasteiger partial charge < -0.3 is 4.57 Å². The van der Waals surface area contributed by atoms with E-state index in [2.05, 4.69) is 14.3 Å². The van der Waals surface area contributed by atoms with Gasteiger partial charge in [-0.2, -0.15) is 0 Å². The van der Waals surface area contributed by atoms with Gasteiger partial charge in [-0.3, -0.25) is 0 Å². The third kappa shape index (κ3) is 2.78. The fourth-order valence-electron chi connectivity index (χ4n) is 1.52. The van der Waals surface area contributed by atoms with Crippen molar-refractivity contribution >= 4 is 21.8 Å². The summed E-state index contributed by atoms with van der Waals surface area (Å²) >= 11 is 1.75. The second kappa shape index (κ2) is 4.77. The minimum atomic E-state index is -3.07. The van der Waals surface area contributed by atoms with E-state index >= 15 is 0 Å². The van der Waals surface area contributed by atoms with Crippen molar-refractivity contribution in [3.05, 3.63) is 11.9 Å². The number of rotatable bonds is 5. The van der Waals surface area contributed by atoms with Gasteiger partial charge in [-0.15, -0.1) is 0 Å². The Morgan fingerprint density at radius 2 is 2.44 bits per heavy atom. The fourth-order valence-corrected chi connectivity index (χ4v) is 3.10. The largest absolute Gasteiger partial charge is 0.325 e. The number of nitrogens with one attached hydrogen (secondary N) is 1. The summed E-state index contributed by atoms with van der Waals surface area (Å²) in [6.45, 7) is 3.06. The summed E-state index contributed by atoms with van der Waals surface area (Å²) in [6, 6.07) is 0. The summed E-state index contributed by atoms with van der Waals surface area (Å²) in [7, 11) is -3.07. The Bertz CT molecular complexity index is 446. The van der Waals surface area contributed by atoms with E-state index in [1.54, 1.807) is 18.7 Å². The van der Waals surface area contributed by atoms with Gasteiger partial charge in [0.2, 0.25) is 10.0 Å². The number of thioether (sulfide) groups is 1. The number of sulfonamides is 1. The zero-order chi connectivity index (χ0) is 11.6. The predicted molar refractivity (Wildman–Crippen MR) is 64.1 cm³/mol. The lowest BCUT2D eigenvalue weighted by Gasteiger charge is -2.02. The molecule has 7 heteroatoms. The monoisotopic (exact) mass is 261 g/mol. The minimum Gasteiger partial charge on any atom is -0.325 e. The van der Waals surface area contributed by atoms with Crippen LogP contribution < -0.4 is 4.72 Å². The van der Waals surface area contributed by atoms with Gasteiger partial charge in [0.25, 0.3) is 0 Å². The van der Waals surface area contributed by atoms with Crippen molar-refractivity contribution in [1.29, 1.82) is 0 Å². The molecule has 0 aromatic carbocycles. The molecule has 0 radical (unpaired) electrons. The van der Waals surface area contributed by atoms with Gasteiger partial charge in [0, 0.05) is 31.5 Å². The maximum atomic E-state index is 11.2. The van der Waals surface area contributed by atoms with Crippen molar-refractivity contribution in [2.45, 2.75) is 25.0 Å². The van der Waals surface area contributed by atoms with E-state index < -0.39 is 10.0 Å². The smallest absolute Gasteiger partial charge is 0.211 e. The van der Waals surface area contributed by atoms with Crippen molar-refractivity contribution in [1.82, 2.24) is 14.3 Å². The minimum absolute atomic E-state index is 0.128. The van der Waals surface area contributed by atoms with Gasteiger partial charge in [-0.25, -0.2) is 18.1 Å². The van der Waals surface area contributed by atoms with E-state index in [1.807, 2.05) is 6.20 Å². The summed E-state index contributed by atoms with van der Waals surface area (Å²) in [5, 5.41) is 1.05. The second-order valence-electron chi connectivity index (χ2n) is 3.60. The van der Waals surface area contributed by atoms with E-state index in [1.165, 1.54) is 0 Å². The topological polar surface area (TPSA) is 64.0 Å². The highest BCUT2D eigenvalue weighted by molar-refractivity contribution is 7.99. The van der Waals surface area contributed by atoms with E-state index in [0.717, 1.165) is 23.1 Å². The molecule has 0 amide bonds. The Hall–Kier alpha value is -0.530. The number of nitrogens with zero attached hydrogens (tertiary/aromatic N) is 2. The molecule has 16 heavy (non-hydrogen) atoms. The summed E-state index contributed by atoms with van der Waals surface area (Å²) in [6.07, 6.45) is 2.66. The molecule has 2 rings (SSSR count). The van der Waals surface area contributed by atoms with Crippen molar-refractivity contribution in [3.63, 3.8) is 0 Å². The number of imidazole rings is 1. The van der Waals surface area contributed by atoms with Gasteiger partial charge in [0.1, 0.15) is 0 Å². The third-order valence-electron chi connectivity index (χ3n) is 2.44. The van der Waals surface area contributed by atoms with Crippen LogP contribution in [0, 0.1) is 0 Å². The Morgan fingerprint density at radius 3 is 3.12 bits per heavy atom. The van der Waals surface area contributed by atoms with Crippen LogP contribution >= 0.6 is 11.8 Å². The van der Waals surface area contributed by atoms with Crippen molar-refractivity contribution < 1.29 is 8.42 Å². The molecule has 2 heterocycles. The van der Waals surface area contributed by atoms with Crippen molar-refractivity contribution in [2.75, 3.05) is 18.1 Å². The van der Waals surface area contributed by atoms with Crippen LogP contribution in [0.25, 0.3) is 0 Å². The summed E-state index contributed by atoms with van der Waals surface area (Å²) < 4.78 is 27.0. The Kier molecular flexibility index (Phi) is 3.56. The Labute approximate surface area is 99.7 Å². The zero-order valence-electron chi connectivity index (χ0n) is 9.14. The highest BCUT2D eigenvalue weighted by atomic mass is 32.2. The van der Waals surface area contributed by atoms with Gasteiger partial charge >= 0.3 is 0 Å². The molecule has 1 aromatic rings. The van der Waals surface area contributed by atoms with E-state index in [-0.39, 0.29) is 5.75 Å². The van der Waals surface area contributed by atoms with Crippen LogP contribution in [0.4, 0.5) is 0 Å². The first-order valence-electron chi connectivity index (χ1n) is 5.27. The normalized spacial score (nSPS) is 15.3. The van der Waals surface area contributed by atoms with Crippen LogP contribution in [0.3, 0.4) is 0 Å². The first-order valence-corrected chi connectivity index (χ1v) is 7.90. The fraction of sp³-hybridized carbons (Fsp3) is 0.667. The van der Waals surface area contributed by atoms with Crippen molar-refractivity contribution in [3.8, 4) is 0 Å². The predicted octanol–water partition coefficient (Wildman–Crippen LogP) is 0.471. The number of hydrogen-bond donors (Lipinski definition) is 1. The Morgan fingerprint density at radius 1 is 1.62 bits per heavy atom. The molecule has 0 unspecified atom stereocenters. The van der Waals surface area contributed by atoms with Crippen molar-refractivity contribution in [2.24, 2.45) is 0 Å². The summed E-state index contributed by atoms with van der Waals surface area (Å²) in [5.74, 6) is 1.22. The number of aromatic nitrogens is 2. The van der Waals surface area contributed by atoms with Gasteiger partial charge in [-0.1, -0.05) is 11.8 Å². The van der Waals surface area contributed by atoms with Crippen LogP contribution in [-0.4, -0.2) is 36.0 Å². The molecule has 1 aliphatic heterocycles. The third-order valence-corrected chi connectivity index (χ3v) is 4.81. The molecule has 1 aliphatic rings. The molecule has 0 spiro atoms. The molecule has 5 nitrogen and oxygen atoms in total. The lowest BCUT2D eigenvalue weighted by atomic mass is 10.3. The number of fused-ring (bicyclic) bond motifs is 1. The maximum absolute atomic E-state index is 11.2. The lowest BCUT2D eigenvalue weighted by molar-refractivity contribution is 0.582. The number of aryl methyl sites for hydroxylation is 1. The van der Waals surface area contributed by atoms with Crippen LogP contribution in [-0.2, 0) is 23.0 Å². The maximum Gasteiger partial charge on any atom is 0.211 e. The molecule has 0 fully saturated rings. The zero-order valence-corrected chi connectivity index (χ0v) is 10.8. The van der Waals surface area contributed by atoms with E-state index in [4.69, 9.17) is 0 Å². The molecule has 0 saturated heterocycles. The summed E-state index contributed by atoms with van der Waals surface area (Å²) in [4.78, 5) is 4.43.